The molecule has 0 saturated carbocycles. The molecule has 8 nitrogen and oxygen atoms in total. The minimum Gasteiger partial charge on any atom is -0.451 e. The van der Waals surface area contributed by atoms with Crippen LogP contribution in [0, 0.1) is 0 Å². The molecule has 11 heteroatoms. The molecule has 0 aliphatic carbocycles. The summed E-state index contributed by atoms with van der Waals surface area (Å²) < 4.78 is 79.0. The van der Waals surface area contributed by atoms with Gasteiger partial charge in [0.2, 0.25) is 0 Å². The van der Waals surface area contributed by atoms with E-state index in [1.807, 2.05) is 54.6 Å². The fraction of sp³-hybridized carbons (Fsp3) is 0.0714. The van der Waals surface area contributed by atoms with E-state index in [0.717, 1.165) is 27.8 Å². The molecule has 0 aliphatic heterocycles. The molecule has 0 heterocycles. The Labute approximate surface area is 224 Å². The molecule has 200 valence electrons. The maximum atomic E-state index is 12.9. The first-order valence-corrected chi connectivity index (χ1v) is 14.6. The largest absolute Gasteiger partial charge is 0.488 e. The summed E-state index contributed by atoms with van der Waals surface area (Å²) in [5.41, 5.74) is 0.701. The fourth-order valence-corrected chi connectivity index (χ4v) is 4.92. The fourth-order valence-electron chi connectivity index (χ4n) is 4.11. The Morgan fingerprint density at radius 2 is 1.05 bits per heavy atom. The van der Waals surface area contributed by atoms with Crippen LogP contribution in [0.4, 0.5) is 3.89 Å². The first-order valence-electron chi connectivity index (χ1n) is 11.5. The van der Waals surface area contributed by atoms with Crippen LogP contribution in [0.3, 0.4) is 0 Å². The highest BCUT2D eigenvalue weighted by Gasteiger charge is 2.21. The maximum Gasteiger partial charge on any atom is 0.488 e. The van der Waals surface area contributed by atoms with Gasteiger partial charge < -0.3 is 17.8 Å². The Morgan fingerprint density at radius 3 is 1.59 bits per heavy atom. The molecule has 0 aromatic heterocycles. The van der Waals surface area contributed by atoms with Gasteiger partial charge in [-0.3, -0.25) is 0 Å². The van der Waals surface area contributed by atoms with Crippen LogP contribution in [0.1, 0.15) is 11.9 Å². The Hall–Kier alpha value is -4.35. The molecule has 0 spiro atoms. The second kappa shape index (κ2) is 10.4. The first-order chi connectivity index (χ1) is 18.5. The van der Waals surface area contributed by atoms with Gasteiger partial charge in [0.25, 0.3) is 6.29 Å². The lowest BCUT2D eigenvalue weighted by atomic mass is 9.97. The summed E-state index contributed by atoms with van der Waals surface area (Å²) in [6, 6.07) is 29.0. The molecule has 0 radical (unpaired) electrons. The van der Waals surface area contributed by atoms with Gasteiger partial charge in [-0.05, 0) is 76.1 Å². The van der Waals surface area contributed by atoms with Crippen molar-refractivity contribution < 1.29 is 38.6 Å². The van der Waals surface area contributed by atoms with Crippen LogP contribution in [0.2, 0.25) is 0 Å². The standard InChI is InChI=1S/C28H21FO8S2/c1-38(30,31)36-22-14-10-20(11-15-22)34-28(35-21-12-16-23(17-13-21)37-39(29,32)33)27-18-19-6-2-3-7-24(19)25-8-4-5-9-26(25)27/h2-18,28H,1H3. The topological polar surface area (TPSA) is 105 Å². The van der Waals surface area contributed by atoms with E-state index in [4.69, 9.17) is 13.7 Å². The highest BCUT2D eigenvalue weighted by atomic mass is 32.3. The Morgan fingerprint density at radius 1 is 0.590 bits per heavy atom. The number of benzene rings is 5. The average Bonchev–Trinajstić information content (AvgIpc) is 2.88. The van der Waals surface area contributed by atoms with Crippen molar-refractivity contribution in [3.63, 3.8) is 0 Å². The van der Waals surface area contributed by atoms with Crippen molar-refractivity contribution in [3.8, 4) is 23.0 Å². The zero-order chi connectivity index (χ0) is 27.6. The second-order valence-corrected chi connectivity index (χ2v) is 11.0. The molecule has 5 rings (SSSR count). The Balaban J connectivity index is 1.55. The highest BCUT2D eigenvalue weighted by Crippen LogP contribution is 2.36. The number of halogens is 1. The number of hydrogen-bond donors (Lipinski definition) is 0. The predicted molar refractivity (Wildman–Crippen MR) is 144 cm³/mol. The predicted octanol–water partition coefficient (Wildman–Crippen LogP) is 6.08. The van der Waals surface area contributed by atoms with E-state index in [2.05, 4.69) is 4.18 Å². The summed E-state index contributed by atoms with van der Waals surface area (Å²) in [6.07, 6.45) is -0.0522. The molecular weight excluding hydrogens is 547 g/mol. The van der Waals surface area contributed by atoms with Gasteiger partial charge in [0.15, 0.2) is 0 Å². The summed E-state index contributed by atoms with van der Waals surface area (Å²) in [6.45, 7) is 0. The zero-order valence-electron chi connectivity index (χ0n) is 20.4. The molecule has 0 aliphatic rings. The molecule has 1 unspecified atom stereocenters. The smallest absolute Gasteiger partial charge is 0.451 e. The maximum absolute atomic E-state index is 12.9. The van der Waals surface area contributed by atoms with E-state index in [1.54, 1.807) is 12.1 Å². The summed E-state index contributed by atoms with van der Waals surface area (Å²) >= 11 is 0. The second-order valence-electron chi connectivity index (χ2n) is 8.51. The van der Waals surface area contributed by atoms with E-state index in [-0.39, 0.29) is 17.2 Å². The number of fused-ring (bicyclic) bond motifs is 3. The van der Waals surface area contributed by atoms with E-state index in [0.29, 0.717) is 11.3 Å². The lowest BCUT2D eigenvalue weighted by Crippen LogP contribution is -2.16. The summed E-state index contributed by atoms with van der Waals surface area (Å²) in [4.78, 5) is 0. The van der Waals surface area contributed by atoms with Gasteiger partial charge in [0.05, 0.1) is 6.26 Å². The quantitative estimate of drug-likeness (QED) is 0.0912. The molecule has 1 atom stereocenters. The van der Waals surface area contributed by atoms with Crippen LogP contribution in [0.5, 0.6) is 23.0 Å². The normalized spacial score (nSPS) is 12.7. The van der Waals surface area contributed by atoms with E-state index >= 15 is 0 Å². The van der Waals surface area contributed by atoms with Crippen molar-refractivity contribution in [2.45, 2.75) is 6.29 Å². The summed E-state index contributed by atoms with van der Waals surface area (Å²) in [5.74, 6) is 0.552. The van der Waals surface area contributed by atoms with Crippen molar-refractivity contribution in [2.24, 2.45) is 0 Å². The summed E-state index contributed by atoms with van der Waals surface area (Å²) in [7, 11) is -8.86. The third kappa shape index (κ3) is 6.57. The van der Waals surface area contributed by atoms with Crippen LogP contribution < -0.4 is 17.8 Å². The highest BCUT2D eigenvalue weighted by molar-refractivity contribution is 7.86. The van der Waals surface area contributed by atoms with Crippen LogP contribution in [0.25, 0.3) is 21.5 Å². The number of hydrogen-bond acceptors (Lipinski definition) is 8. The molecule has 5 aromatic rings. The SMILES string of the molecule is CS(=O)(=O)Oc1ccc(OC(Oc2ccc(OS(=O)(=O)F)cc2)c2cc3ccccc3c3ccccc23)cc1. The van der Waals surface area contributed by atoms with Crippen molar-refractivity contribution in [2.75, 3.05) is 6.26 Å². The Kier molecular flexibility index (Phi) is 7.02. The monoisotopic (exact) mass is 568 g/mol. The minimum absolute atomic E-state index is 0.122. The molecule has 0 N–H and O–H groups in total. The molecule has 0 saturated heterocycles. The summed E-state index contributed by atoms with van der Waals surface area (Å²) in [5, 5.41) is 3.86. The molecular formula is C28H21FO8S2. The van der Waals surface area contributed by atoms with Crippen molar-refractivity contribution in [3.05, 3.63) is 109 Å². The van der Waals surface area contributed by atoms with E-state index < -0.39 is 26.9 Å². The van der Waals surface area contributed by atoms with Crippen LogP contribution in [-0.4, -0.2) is 23.1 Å². The van der Waals surface area contributed by atoms with Crippen molar-refractivity contribution in [1.82, 2.24) is 0 Å². The Bertz CT molecular complexity index is 1780. The molecule has 5 aromatic carbocycles. The van der Waals surface area contributed by atoms with Crippen molar-refractivity contribution in [1.29, 1.82) is 0 Å². The van der Waals surface area contributed by atoms with Crippen LogP contribution in [0.15, 0.2) is 103 Å². The van der Waals surface area contributed by atoms with Crippen molar-refractivity contribution >= 4 is 42.2 Å². The molecule has 0 bridgehead atoms. The minimum atomic E-state index is -5.17. The van der Waals surface area contributed by atoms with Gasteiger partial charge in [-0.15, -0.1) is 0 Å². The van der Waals surface area contributed by atoms with Gasteiger partial charge in [-0.25, -0.2) is 0 Å². The third-order valence-electron chi connectivity index (χ3n) is 5.63. The number of rotatable bonds is 9. The average molecular weight is 569 g/mol. The van der Waals surface area contributed by atoms with Gasteiger partial charge in [-0.1, -0.05) is 52.4 Å². The zero-order valence-corrected chi connectivity index (χ0v) is 22.0. The first kappa shape index (κ1) is 26.3. The van der Waals surface area contributed by atoms with Gasteiger partial charge >= 0.3 is 20.6 Å². The lowest BCUT2D eigenvalue weighted by Gasteiger charge is -2.23. The van der Waals surface area contributed by atoms with Crippen LogP contribution in [-0.2, 0) is 20.6 Å². The molecule has 39 heavy (non-hydrogen) atoms. The molecule has 0 fully saturated rings. The van der Waals surface area contributed by atoms with Gasteiger partial charge in [0, 0.05) is 5.56 Å². The lowest BCUT2D eigenvalue weighted by molar-refractivity contribution is 0.00505. The van der Waals surface area contributed by atoms with E-state index in [1.165, 1.54) is 36.4 Å². The van der Waals surface area contributed by atoms with Gasteiger partial charge in [-0.2, -0.15) is 16.8 Å². The third-order valence-corrected chi connectivity index (χ3v) is 6.52. The molecule has 0 amide bonds. The van der Waals surface area contributed by atoms with Gasteiger partial charge in [0.1, 0.15) is 23.0 Å². The number of ether oxygens (including phenoxy) is 2. The van der Waals surface area contributed by atoms with E-state index in [9.17, 15) is 20.7 Å². The van der Waals surface area contributed by atoms with Crippen LogP contribution >= 0.6 is 0 Å².